The van der Waals surface area contributed by atoms with E-state index in [4.69, 9.17) is 0 Å². The van der Waals surface area contributed by atoms with Gasteiger partial charge in [-0.05, 0) is 44.2 Å². The Kier molecular flexibility index (Phi) is 5.59. The summed E-state index contributed by atoms with van der Waals surface area (Å²) in [6.07, 6.45) is 3.71. The summed E-state index contributed by atoms with van der Waals surface area (Å²) in [4.78, 5) is 7.02. The molecule has 0 saturated carbocycles. The van der Waals surface area contributed by atoms with Gasteiger partial charge in [-0.15, -0.1) is 0 Å². The standard InChI is InChI=1S/C19H19NS/c1-4-8-19(20-15(2)3)16-11-13-18(14-12-16)21-17-9-6-5-7-10-17/h4-14H,1H2,2-3H3/b19-8-. The maximum Gasteiger partial charge on any atom is 0.0700 e. The average molecular weight is 293 g/mol. The second-order valence-electron chi connectivity index (χ2n) is 4.79. The molecular weight excluding hydrogens is 274 g/mol. The highest BCUT2D eigenvalue weighted by atomic mass is 32.2. The quantitative estimate of drug-likeness (QED) is 0.498. The lowest BCUT2D eigenvalue weighted by Crippen LogP contribution is -1.86. The van der Waals surface area contributed by atoms with E-state index in [0.29, 0.717) is 0 Å². The molecule has 0 bridgehead atoms. The molecule has 0 aliphatic heterocycles. The Bertz CT molecular complexity index is 648. The minimum Gasteiger partial charge on any atom is -0.258 e. The van der Waals surface area contributed by atoms with Crippen molar-refractivity contribution in [3.8, 4) is 0 Å². The molecule has 0 spiro atoms. The molecule has 2 aromatic carbocycles. The van der Waals surface area contributed by atoms with Gasteiger partial charge < -0.3 is 0 Å². The van der Waals surface area contributed by atoms with Gasteiger partial charge in [0.1, 0.15) is 0 Å². The highest BCUT2D eigenvalue weighted by molar-refractivity contribution is 7.99. The molecule has 2 heteroatoms. The first-order chi connectivity index (χ1) is 10.2. The van der Waals surface area contributed by atoms with Gasteiger partial charge in [0.15, 0.2) is 0 Å². The van der Waals surface area contributed by atoms with Crippen LogP contribution in [-0.2, 0) is 0 Å². The van der Waals surface area contributed by atoms with Crippen LogP contribution in [0.2, 0.25) is 0 Å². The summed E-state index contributed by atoms with van der Waals surface area (Å²) in [5, 5.41) is 0. The summed E-state index contributed by atoms with van der Waals surface area (Å²) in [5.74, 6) is 0. The summed E-state index contributed by atoms with van der Waals surface area (Å²) in [6.45, 7) is 7.75. The lowest BCUT2D eigenvalue weighted by molar-refractivity contribution is 1.38. The Morgan fingerprint density at radius 3 is 2.14 bits per heavy atom. The molecule has 0 unspecified atom stereocenters. The van der Waals surface area contributed by atoms with E-state index >= 15 is 0 Å². The molecule has 0 fully saturated rings. The van der Waals surface area contributed by atoms with E-state index in [9.17, 15) is 0 Å². The maximum absolute atomic E-state index is 4.55. The van der Waals surface area contributed by atoms with E-state index in [1.165, 1.54) is 9.79 Å². The van der Waals surface area contributed by atoms with Crippen LogP contribution in [0.1, 0.15) is 19.4 Å². The smallest absolute Gasteiger partial charge is 0.0700 e. The predicted octanol–water partition coefficient (Wildman–Crippen LogP) is 5.85. The minimum atomic E-state index is 0.946. The Hall–Kier alpha value is -2.06. The number of benzene rings is 2. The highest BCUT2D eigenvalue weighted by Gasteiger charge is 2.01. The van der Waals surface area contributed by atoms with E-state index in [1.54, 1.807) is 17.8 Å². The second-order valence-corrected chi connectivity index (χ2v) is 5.93. The number of rotatable bonds is 5. The maximum atomic E-state index is 4.55. The van der Waals surface area contributed by atoms with Crippen LogP contribution in [0.25, 0.3) is 5.70 Å². The summed E-state index contributed by atoms with van der Waals surface area (Å²) >= 11 is 1.76. The number of hydrogen-bond donors (Lipinski definition) is 0. The molecule has 0 heterocycles. The van der Waals surface area contributed by atoms with Crippen LogP contribution < -0.4 is 0 Å². The molecule has 0 aromatic heterocycles. The van der Waals surface area contributed by atoms with Crippen molar-refractivity contribution in [3.05, 3.63) is 78.9 Å². The van der Waals surface area contributed by atoms with Crippen molar-refractivity contribution in [2.24, 2.45) is 4.99 Å². The molecular formula is C19H19NS. The van der Waals surface area contributed by atoms with Crippen molar-refractivity contribution in [1.82, 2.24) is 0 Å². The van der Waals surface area contributed by atoms with E-state index in [1.807, 2.05) is 26.0 Å². The zero-order chi connectivity index (χ0) is 15.1. The molecule has 0 amide bonds. The fourth-order valence-corrected chi connectivity index (χ4v) is 2.71. The zero-order valence-corrected chi connectivity index (χ0v) is 13.2. The average Bonchev–Trinajstić information content (AvgIpc) is 2.48. The zero-order valence-electron chi connectivity index (χ0n) is 12.4. The number of aliphatic imine (C=N–C) groups is 1. The van der Waals surface area contributed by atoms with Crippen LogP contribution in [0.4, 0.5) is 0 Å². The topological polar surface area (TPSA) is 12.4 Å². The summed E-state index contributed by atoms with van der Waals surface area (Å²) in [7, 11) is 0. The van der Waals surface area contributed by atoms with Crippen molar-refractivity contribution < 1.29 is 0 Å². The Morgan fingerprint density at radius 1 is 0.952 bits per heavy atom. The molecule has 0 aliphatic carbocycles. The van der Waals surface area contributed by atoms with Gasteiger partial charge in [-0.1, -0.05) is 54.7 Å². The van der Waals surface area contributed by atoms with Gasteiger partial charge in [-0.2, -0.15) is 0 Å². The minimum absolute atomic E-state index is 0.946. The summed E-state index contributed by atoms with van der Waals surface area (Å²) in [6, 6.07) is 18.8. The van der Waals surface area contributed by atoms with Crippen LogP contribution in [0.5, 0.6) is 0 Å². The van der Waals surface area contributed by atoms with Crippen molar-refractivity contribution in [3.63, 3.8) is 0 Å². The van der Waals surface area contributed by atoms with Crippen molar-refractivity contribution in [1.29, 1.82) is 0 Å². The number of nitrogens with zero attached hydrogens (tertiary/aromatic N) is 1. The van der Waals surface area contributed by atoms with Crippen LogP contribution in [0.3, 0.4) is 0 Å². The van der Waals surface area contributed by atoms with Crippen molar-refractivity contribution in [2.75, 3.05) is 0 Å². The van der Waals surface area contributed by atoms with E-state index < -0.39 is 0 Å². The van der Waals surface area contributed by atoms with Gasteiger partial charge >= 0.3 is 0 Å². The van der Waals surface area contributed by atoms with Crippen molar-refractivity contribution in [2.45, 2.75) is 23.6 Å². The molecule has 0 atom stereocenters. The predicted molar refractivity (Wildman–Crippen MR) is 94.0 cm³/mol. The molecule has 0 aliphatic rings. The van der Waals surface area contributed by atoms with E-state index in [2.05, 4.69) is 60.1 Å². The lowest BCUT2D eigenvalue weighted by atomic mass is 10.1. The summed E-state index contributed by atoms with van der Waals surface area (Å²) < 4.78 is 0. The lowest BCUT2D eigenvalue weighted by Gasteiger charge is -2.05. The fraction of sp³-hybridized carbons (Fsp3) is 0.105. The molecule has 2 aromatic rings. The molecule has 0 saturated heterocycles. The Labute approximate surface area is 131 Å². The largest absolute Gasteiger partial charge is 0.258 e. The molecule has 0 N–H and O–H groups in total. The molecule has 106 valence electrons. The Balaban J connectivity index is 2.20. The van der Waals surface area contributed by atoms with Crippen LogP contribution in [-0.4, -0.2) is 5.71 Å². The Morgan fingerprint density at radius 2 is 1.57 bits per heavy atom. The normalized spacial score (nSPS) is 11.0. The van der Waals surface area contributed by atoms with Gasteiger partial charge in [0.05, 0.1) is 5.70 Å². The first-order valence-corrected chi connectivity index (χ1v) is 7.68. The molecule has 1 nitrogen and oxygen atoms in total. The van der Waals surface area contributed by atoms with E-state index in [-0.39, 0.29) is 0 Å². The molecule has 0 radical (unpaired) electrons. The molecule has 21 heavy (non-hydrogen) atoms. The second kappa shape index (κ2) is 7.65. The highest BCUT2D eigenvalue weighted by Crippen LogP contribution is 2.28. The molecule has 2 rings (SSSR count). The van der Waals surface area contributed by atoms with Gasteiger partial charge in [-0.3, -0.25) is 4.99 Å². The third-order valence-corrected chi connectivity index (χ3v) is 3.76. The third-order valence-electron chi connectivity index (χ3n) is 2.75. The summed E-state index contributed by atoms with van der Waals surface area (Å²) in [5.41, 5.74) is 3.08. The third kappa shape index (κ3) is 4.76. The number of hydrogen-bond acceptors (Lipinski definition) is 2. The SMILES string of the molecule is C=C/C=C(\N=C(C)C)c1ccc(Sc2ccccc2)cc1. The van der Waals surface area contributed by atoms with Gasteiger partial charge in [0.2, 0.25) is 0 Å². The van der Waals surface area contributed by atoms with Crippen LogP contribution in [0.15, 0.2) is 88.1 Å². The van der Waals surface area contributed by atoms with E-state index in [0.717, 1.165) is 17.0 Å². The number of allylic oxidation sites excluding steroid dienone is 2. The monoisotopic (exact) mass is 293 g/mol. The van der Waals surface area contributed by atoms with Gasteiger partial charge in [-0.25, -0.2) is 0 Å². The van der Waals surface area contributed by atoms with Gasteiger partial charge in [0, 0.05) is 21.1 Å². The van der Waals surface area contributed by atoms with Crippen LogP contribution >= 0.6 is 11.8 Å². The van der Waals surface area contributed by atoms with Crippen molar-refractivity contribution >= 4 is 23.2 Å². The fourth-order valence-electron chi connectivity index (χ4n) is 1.87. The van der Waals surface area contributed by atoms with Gasteiger partial charge in [0.25, 0.3) is 0 Å². The first-order valence-electron chi connectivity index (χ1n) is 6.87. The first kappa shape index (κ1) is 15.3. The van der Waals surface area contributed by atoms with Crippen LogP contribution in [0, 0.1) is 0 Å².